The molecule has 5 rings (SSSR count). The molecule has 33 heavy (non-hydrogen) atoms. The highest BCUT2D eigenvalue weighted by atomic mass is 19.1. The van der Waals surface area contributed by atoms with Gasteiger partial charge >= 0.3 is 5.97 Å². The number of nitrogens with zero attached hydrogens (tertiary/aromatic N) is 1. The number of hydrogen-bond acceptors (Lipinski definition) is 4. The van der Waals surface area contributed by atoms with Gasteiger partial charge in [0.25, 0.3) is 0 Å². The number of halogens is 1. The average molecular weight is 441 g/mol. The third-order valence-electron chi connectivity index (χ3n) is 5.77. The molecule has 0 fully saturated rings. The maximum atomic E-state index is 13.1. The van der Waals surface area contributed by atoms with Gasteiger partial charge in [0, 0.05) is 34.8 Å². The first-order valence-corrected chi connectivity index (χ1v) is 10.6. The molecule has 0 N–H and O–H groups in total. The minimum Gasteiger partial charge on any atom is -0.452 e. The topological polar surface area (TPSA) is 57.5 Å². The van der Waals surface area contributed by atoms with Crippen LogP contribution in [0.5, 0.6) is 11.5 Å². The highest BCUT2D eigenvalue weighted by Crippen LogP contribution is 2.40. The minimum absolute atomic E-state index is 0.217. The number of carbonyl (C=O) groups is 2. The van der Waals surface area contributed by atoms with Crippen LogP contribution in [0.2, 0.25) is 0 Å². The van der Waals surface area contributed by atoms with Gasteiger partial charge in [0.05, 0.1) is 11.1 Å². The smallest absolute Gasteiger partial charge is 0.343 e. The van der Waals surface area contributed by atoms with Crippen LogP contribution in [-0.4, -0.2) is 16.3 Å². The van der Waals surface area contributed by atoms with Crippen LogP contribution < -0.4 is 9.47 Å². The summed E-state index contributed by atoms with van der Waals surface area (Å²) in [4.78, 5) is 25.4. The molecule has 2 heterocycles. The van der Waals surface area contributed by atoms with Gasteiger partial charge in [0.15, 0.2) is 5.76 Å². The lowest BCUT2D eigenvalue weighted by atomic mass is 10.1. The Bertz CT molecular complexity index is 1450. The second-order valence-corrected chi connectivity index (χ2v) is 7.79. The van der Waals surface area contributed by atoms with Crippen LogP contribution >= 0.6 is 0 Å². The van der Waals surface area contributed by atoms with Gasteiger partial charge in [-0.3, -0.25) is 4.79 Å². The minimum atomic E-state index is -0.620. The molecule has 4 aromatic rings. The Labute approximate surface area is 189 Å². The molecule has 0 aliphatic carbocycles. The SMILES string of the molecule is CCn1cc(C=C2Oc3c(ccc(OC(=O)c4ccc(F)cc4)c3C)C2=O)c2ccccc21. The standard InChI is InChI=1S/C27H20FNO4/c1-3-29-15-18(20-6-4-5-7-22(20)29)14-24-25(30)21-12-13-23(16(2)26(21)32-24)33-27(31)17-8-10-19(28)11-9-17/h4-15H,3H2,1-2H3. The van der Waals surface area contributed by atoms with Crippen molar-refractivity contribution in [3.63, 3.8) is 0 Å². The van der Waals surface area contributed by atoms with Crippen molar-refractivity contribution in [1.82, 2.24) is 4.57 Å². The first-order chi connectivity index (χ1) is 16.0. The third kappa shape index (κ3) is 3.59. The number of ether oxygens (including phenoxy) is 2. The van der Waals surface area contributed by atoms with E-state index < -0.39 is 11.8 Å². The largest absolute Gasteiger partial charge is 0.452 e. The summed E-state index contributed by atoms with van der Waals surface area (Å²) in [5, 5.41) is 1.03. The summed E-state index contributed by atoms with van der Waals surface area (Å²) in [7, 11) is 0. The maximum absolute atomic E-state index is 13.1. The number of hydrogen-bond donors (Lipinski definition) is 0. The number of aryl methyl sites for hydroxylation is 1. The Hall–Kier alpha value is -4.19. The first-order valence-electron chi connectivity index (χ1n) is 10.6. The molecule has 0 saturated carbocycles. The highest BCUT2D eigenvalue weighted by Gasteiger charge is 2.31. The second kappa shape index (κ2) is 8.06. The molecule has 0 saturated heterocycles. The van der Waals surface area contributed by atoms with Crippen molar-refractivity contribution in [3.8, 4) is 11.5 Å². The molecule has 1 aliphatic heterocycles. The number of rotatable bonds is 4. The zero-order chi connectivity index (χ0) is 23.1. The van der Waals surface area contributed by atoms with Gasteiger partial charge in [-0.15, -0.1) is 0 Å². The van der Waals surface area contributed by atoms with Gasteiger partial charge in [-0.05, 0) is 62.4 Å². The van der Waals surface area contributed by atoms with Gasteiger partial charge in [-0.25, -0.2) is 9.18 Å². The van der Waals surface area contributed by atoms with Crippen molar-refractivity contribution in [2.75, 3.05) is 0 Å². The van der Waals surface area contributed by atoms with Crippen LogP contribution in [0.25, 0.3) is 17.0 Å². The van der Waals surface area contributed by atoms with E-state index in [-0.39, 0.29) is 22.9 Å². The maximum Gasteiger partial charge on any atom is 0.343 e. The number of allylic oxidation sites excluding steroid dienone is 1. The number of para-hydroxylation sites is 1. The Kier molecular flexibility index (Phi) is 5.05. The van der Waals surface area contributed by atoms with Crippen molar-refractivity contribution in [1.29, 1.82) is 0 Å². The van der Waals surface area contributed by atoms with Crippen LogP contribution in [0.1, 0.15) is 38.8 Å². The molecular formula is C27H20FNO4. The number of esters is 1. The molecule has 0 amide bonds. The first kappa shape index (κ1) is 20.7. The predicted molar refractivity (Wildman–Crippen MR) is 123 cm³/mol. The molecular weight excluding hydrogens is 421 g/mol. The van der Waals surface area contributed by atoms with Gasteiger partial charge in [-0.2, -0.15) is 0 Å². The lowest BCUT2D eigenvalue weighted by molar-refractivity contribution is 0.0733. The Balaban J connectivity index is 1.46. The van der Waals surface area contributed by atoms with Crippen LogP contribution in [0, 0.1) is 12.7 Å². The molecule has 0 atom stereocenters. The lowest BCUT2D eigenvalue weighted by Crippen LogP contribution is -2.09. The Morgan fingerprint density at radius 1 is 1.09 bits per heavy atom. The molecule has 0 unspecified atom stereocenters. The number of carbonyl (C=O) groups excluding carboxylic acids is 2. The van der Waals surface area contributed by atoms with Crippen molar-refractivity contribution < 1.29 is 23.5 Å². The Morgan fingerprint density at radius 3 is 2.61 bits per heavy atom. The number of ketones is 1. The summed E-state index contributed by atoms with van der Waals surface area (Å²) in [6.07, 6.45) is 3.75. The van der Waals surface area contributed by atoms with E-state index in [1.807, 2.05) is 30.5 Å². The van der Waals surface area contributed by atoms with Crippen molar-refractivity contribution in [3.05, 3.63) is 101 Å². The zero-order valence-corrected chi connectivity index (χ0v) is 18.1. The van der Waals surface area contributed by atoms with Crippen LogP contribution in [0.4, 0.5) is 4.39 Å². The monoisotopic (exact) mass is 441 g/mol. The number of Topliss-reactive ketones (excluding diaryl/α,β-unsaturated/α-hetero) is 1. The average Bonchev–Trinajstić information content (AvgIpc) is 3.34. The molecule has 5 nitrogen and oxygen atoms in total. The van der Waals surface area contributed by atoms with Gasteiger partial charge < -0.3 is 14.0 Å². The second-order valence-electron chi connectivity index (χ2n) is 7.79. The zero-order valence-electron chi connectivity index (χ0n) is 18.1. The van der Waals surface area contributed by atoms with E-state index in [0.29, 0.717) is 16.9 Å². The molecule has 1 aliphatic rings. The van der Waals surface area contributed by atoms with E-state index >= 15 is 0 Å². The number of aromatic nitrogens is 1. The quantitative estimate of drug-likeness (QED) is 0.223. The molecule has 0 radical (unpaired) electrons. The number of fused-ring (bicyclic) bond motifs is 2. The third-order valence-corrected chi connectivity index (χ3v) is 5.77. The summed E-state index contributed by atoms with van der Waals surface area (Å²) >= 11 is 0. The van der Waals surface area contributed by atoms with E-state index in [1.54, 1.807) is 25.1 Å². The summed E-state index contributed by atoms with van der Waals surface area (Å²) in [6.45, 7) is 4.60. The van der Waals surface area contributed by atoms with Crippen LogP contribution in [0.3, 0.4) is 0 Å². The van der Waals surface area contributed by atoms with Crippen molar-refractivity contribution in [2.24, 2.45) is 0 Å². The van der Waals surface area contributed by atoms with Gasteiger partial charge in [0.1, 0.15) is 17.3 Å². The van der Waals surface area contributed by atoms with E-state index in [4.69, 9.17) is 9.47 Å². The summed E-state index contributed by atoms with van der Waals surface area (Å²) < 4.78 is 26.7. The normalized spacial score (nSPS) is 13.9. The van der Waals surface area contributed by atoms with Gasteiger partial charge in [0.2, 0.25) is 5.78 Å². The van der Waals surface area contributed by atoms with E-state index in [1.165, 1.54) is 24.3 Å². The van der Waals surface area contributed by atoms with Gasteiger partial charge in [-0.1, -0.05) is 18.2 Å². The van der Waals surface area contributed by atoms with E-state index in [2.05, 4.69) is 11.5 Å². The molecule has 6 heteroatoms. The van der Waals surface area contributed by atoms with Crippen molar-refractivity contribution >= 4 is 28.7 Å². The molecule has 0 bridgehead atoms. The van der Waals surface area contributed by atoms with Crippen LogP contribution in [0.15, 0.2) is 72.6 Å². The molecule has 0 spiro atoms. The lowest BCUT2D eigenvalue weighted by Gasteiger charge is -2.10. The number of benzene rings is 3. The fourth-order valence-corrected chi connectivity index (χ4v) is 4.02. The fraction of sp³-hybridized carbons (Fsp3) is 0.111. The van der Waals surface area contributed by atoms with E-state index in [9.17, 15) is 14.0 Å². The summed E-state index contributed by atoms with van der Waals surface area (Å²) in [5.74, 6) is -0.416. The van der Waals surface area contributed by atoms with Crippen molar-refractivity contribution in [2.45, 2.75) is 20.4 Å². The highest BCUT2D eigenvalue weighted by molar-refractivity contribution is 6.15. The molecule has 3 aromatic carbocycles. The summed E-state index contributed by atoms with van der Waals surface area (Å²) in [6, 6.07) is 16.3. The van der Waals surface area contributed by atoms with E-state index in [0.717, 1.165) is 23.0 Å². The van der Waals surface area contributed by atoms with Crippen LogP contribution in [-0.2, 0) is 6.54 Å². The summed E-state index contributed by atoms with van der Waals surface area (Å²) in [5.41, 5.74) is 3.15. The Morgan fingerprint density at radius 2 is 1.85 bits per heavy atom. The molecule has 1 aromatic heterocycles. The predicted octanol–water partition coefficient (Wildman–Crippen LogP) is 5.94. The fourth-order valence-electron chi connectivity index (χ4n) is 4.02. The molecule has 164 valence electrons.